The number of carbonyl (C=O) groups excluding carboxylic acids is 1. The highest BCUT2D eigenvalue weighted by molar-refractivity contribution is 6.30. The van der Waals surface area contributed by atoms with Crippen molar-refractivity contribution in [2.45, 2.75) is 25.8 Å². The third kappa shape index (κ3) is 4.86. The van der Waals surface area contributed by atoms with Gasteiger partial charge in [0.15, 0.2) is 11.7 Å². The van der Waals surface area contributed by atoms with Gasteiger partial charge in [-0.15, -0.1) is 0 Å². The van der Waals surface area contributed by atoms with Crippen molar-refractivity contribution in [1.29, 1.82) is 0 Å². The fraction of sp³-hybridized carbons (Fsp3) is 0.375. The van der Waals surface area contributed by atoms with Crippen LogP contribution < -0.4 is 5.32 Å². The fourth-order valence-electron chi connectivity index (χ4n) is 2.03. The normalized spacial score (nSPS) is 12.1. The van der Waals surface area contributed by atoms with E-state index in [4.69, 9.17) is 20.8 Å². The first-order chi connectivity index (χ1) is 10.6. The van der Waals surface area contributed by atoms with Gasteiger partial charge in [-0.1, -0.05) is 11.6 Å². The molecule has 0 spiro atoms. The van der Waals surface area contributed by atoms with E-state index in [-0.39, 0.29) is 11.9 Å². The Morgan fingerprint density at radius 2 is 2.14 bits per heavy atom. The number of rotatable bonds is 7. The summed E-state index contributed by atoms with van der Waals surface area (Å²) in [6.45, 7) is 2.39. The number of aryl methyl sites for hydroxylation is 1. The minimum Gasteiger partial charge on any atom is -0.441 e. The maximum absolute atomic E-state index is 11.8. The van der Waals surface area contributed by atoms with Gasteiger partial charge in [0, 0.05) is 36.6 Å². The summed E-state index contributed by atoms with van der Waals surface area (Å²) in [7, 11) is 1.60. The van der Waals surface area contributed by atoms with Gasteiger partial charge < -0.3 is 14.5 Å². The average Bonchev–Trinajstić information content (AvgIpc) is 2.95. The summed E-state index contributed by atoms with van der Waals surface area (Å²) in [5, 5.41) is 3.52. The molecule has 0 fully saturated rings. The molecule has 1 atom stereocenters. The first kappa shape index (κ1) is 16.5. The van der Waals surface area contributed by atoms with Crippen molar-refractivity contribution >= 4 is 17.5 Å². The van der Waals surface area contributed by atoms with E-state index in [0.29, 0.717) is 36.1 Å². The van der Waals surface area contributed by atoms with Crippen molar-refractivity contribution in [3.63, 3.8) is 0 Å². The Morgan fingerprint density at radius 1 is 1.41 bits per heavy atom. The topological polar surface area (TPSA) is 64.4 Å². The van der Waals surface area contributed by atoms with Crippen LogP contribution in [0.2, 0.25) is 5.02 Å². The minimum absolute atomic E-state index is 0.00770. The van der Waals surface area contributed by atoms with Gasteiger partial charge in [0.05, 0.1) is 12.8 Å². The Morgan fingerprint density at radius 3 is 2.82 bits per heavy atom. The van der Waals surface area contributed by atoms with Crippen LogP contribution >= 0.6 is 11.6 Å². The maximum Gasteiger partial charge on any atom is 0.220 e. The van der Waals surface area contributed by atoms with Gasteiger partial charge in [0.2, 0.25) is 5.91 Å². The van der Waals surface area contributed by atoms with Gasteiger partial charge in [-0.3, -0.25) is 4.79 Å². The molecule has 22 heavy (non-hydrogen) atoms. The molecule has 118 valence electrons. The molecule has 1 N–H and O–H groups in total. The van der Waals surface area contributed by atoms with Crippen LogP contribution in [-0.2, 0) is 16.0 Å². The monoisotopic (exact) mass is 322 g/mol. The van der Waals surface area contributed by atoms with Crippen LogP contribution in [-0.4, -0.2) is 30.6 Å². The van der Waals surface area contributed by atoms with Crippen LogP contribution in [0.4, 0.5) is 0 Å². The van der Waals surface area contributed by atoms with Crippen molar-refractivity contribution in [3.05, 3.63) is 41.4 Å². The molecule has 1 heterocycles. The lowest BCUT2D eigenvalue weighted by Gasteiger charge is -2.11. The zero-order chi connectivity index (χ0) is 15.9. The first-order valence-corrected chi connectivity index (χ1v) is 7.45. The molecule has 0 bridgehead atoms. The predicted molar refractivity (Wildman–Crippen MR) is 84.8 cm³/mol. The zero-order valence-electron chi connectivity index (χ0n) is 12.6. The SMILES string of the molecule is COC[C@H](C)NC(=O)CCc1ncc(-c2ccc(Cl)cc2)o1. The summed E-state index contributed by atoms with van der Waals surface area (Å²) in [5.74, 6) is 1.16. The van der Waals surface area contributed by atoms with Crippen LogP contribution in [0.3, 0.4) is 0 Å². The van der Waals surface area contributed by atoms with Gasteiger partial charge in [0.1, 0.15) is 0 Å². The second-order valence-electron chi connectivity index (χ2n) is 5.05. The number of methoxy groups -OCH3 is 1. The predicted octanol–water partition coefficient (Wildman–Crippen LogP) is 3.08. The van der Waals surface area contributed by atoms with Gasteiger partial charge in [-0.2, -0.15) is 0 Å². The molecule has 0 radical (unpaired) electrons. The van der Waals surface area contributed by atoms with Crippen molar-refractivity contribution in [2.24, 2.45) is 0 Å². The Balaban J connectivity index is 1.87. The molecule has 0 saturated heterocycles. The molecule has 2 aromatic rings. The summed E-state index contributed by atoms with van der Waals surface area (Å²) in [6, 6.07) is 7.32. The Labute approximate surface area is 134 Å². The number of benzene rings is 1. The van der Waals surface area contributed by atoms with E-state index in [2.05, 4.69) is 10.3 Å². The third-order valence-corrected chi connectivity index (χ3v) is 3.32. The van der Waals surface area contributed by atoms with Crippen LogP contribution in [0.1, 0.15) is 19.2 Å². The van der Waals surface area contributed by atoms with Gasteiger partial charge in [-0.05, 0) is 31.2 Å². The molecule has 0 aliphatic heterocycles. The lowest BCUT2D eigenvalue weighted by molar-refractivity contribution is -0.122. The Bertz CT molecular complexity index is 610. The smallest absolute Gasteiger partial charge is 0.220 e. The van der Waals surface area contributed by atoms with Crippen LogP contribution in [0.5, 0.6) is 0 Å². The second kappa shape index (κ2) is 7.96. The number of amides is 1. The highest BCUT2D eigenvalue weighted by atomic mass is 35.5. The number of ether oxygens (including phenoxy) is 1. The molecule has 0 saturated carbocycles. The fourth-order valence-corrected chi connectivity index (χ4v) is 2.16. The largest absolute Gasteiger partial charge is 0.441 e. The summed E-state index contributed by atoms with van der Waals surface area (Å²) >= 11 is 5.85. The van der Waals surface area contributed by atoms with Crippen LogP contribution in [0, 0.1) is 0 Å². The average molecular weight is 323 g/mol. The van der Waals surface area contributed by atoms with Gasteiger partial charge in [0.25, 0.3) is 0 Å². The van der Waals surface area contributed by atoms with E-state index in [0.717, 1.165) is 5.56 Å². The number of hydrogen-bond donors (Lipinski definition) is 1. The molecule has 1 aromatic carbocycles. The van der Waals surface area contributed by atoms with Gasteiger partial charge >= 0.3 is 0 Å². The standard InChI is InChI=1S/C16H19ClN2O3/c1-11(10-21-2)19-15(20)7-8-16-18-9-14(22-16)12-3-5-13(17)6-4-12/h3-6,9,11H,7-8,10H2,1-2H3,(H,19,20)/t11-/m0/s1. The molecular weight excluding hydrogens is 304 g/mol. The molecule has 0 aliphatic rings. The molecule has 0 unspecified atom stereocenters. The maximum atomic E-state index is 11.8. The Hall–Kier alpha value is -1.85. The summed E-state index contributed by atoms with van der Waals surface area (Å²) < 4.78 is 10.6. The highest BCUT2D eigenvalue weighted by Gasteiger charge is 2.11. The van der Waals surface area contributed by atoms with E-state index >= 15 is 0 Å². The van der Waals surface area contributed by atoms with E-state index in [9.17, 15) is 4.79 Å². The van der Waals surface area contributed by atoms with Crippen molar-refractivity contribution < 1.29 is 13.9 Å². The quantitative estimate of drug-likeness (QED) is 0.850. The molecule has 5 nitrogen and oxygen atoms in total. The van der Waals surface area contributed by atoms with Crippen molar-refractivity contribution in [3.8, 4) is 11.3 Å². The lowest BCUT2D eigenvalue weighted by Crippen LogP contribution is -2.35. The van der Waals surface area contributed by atoms with Crippen molar-refractivity contribution in [2.75, 3.05) is 13.7 Å². The second-order valence-corrected chi connectivity index (χ2v) is 5.49. The summed E-state index contributed by atoms with van der Waals surface area (Å²) in [5.41, 5.74) is 0.904. The number of halogens is 1. The molecule has 1 amide bonds. The summed E-state index contributed by atoms with van der Waals surface area (Å²) in [4.78, 5) is 16.0. The van der Waals surface area contributed by atoms with Crippen LogP contribution in [0.25, 0.3) is 11.3 Å². The number of nitrogens with one attached hydrogen (secondary N) is 1. The molecule has 2 rings (SSSR count). The lowest BCUT2D eigenvalue weighted by atomic mass is 10.2. The number of aromatic nitrogens is 1. The molecule has 0 aliphatic carbocycles. The number of oxazole rings is 1. The highest BCUT2D eigenvalue weighted by Crippen LogP contribution is 2.22. The van der Waals surface area contributed by atoms with Gasteiger partial charge in [-0.25, -0.2) is 4.98 Å². The number of carbonyl (C=O) groups is 1. The van der Waals surface area contributed by atoms with E-state index in [1.54, 1.807) is 25.4 Å². The molecule has 6 heteroatoms. The summed E-state index contributed by atoms with van der Waals surface area (Å²) in [6.07, 6.45) is 2.44. The third-order valence-electron chi connectivity index (χ3n) is 3.07. The number of hydrogen-bond acceptors (Lipinski definition) is 4. The zero-order valence-corrected chi connectivity index (χ0v) is 13.4. The number of nitrogens with zero attached hydrogens (tertiary/aromatic N) is 1. The molecular formula is C16H19ClN2O3. The Kier molecular flexibility index (Phi) is 5.98. The van der Waals surface area contributed by atoms with E-state index in [1.807, 2.05) is 19.1 Å². The molecule has 1 aromatic heterocycles. The minimum atomic E-state index is -0.0456. The first-order valence-electron chi connectivity index (χ1n) is 7.07. The van der Waals surface area contributed by atoms with Crippen molar-refractivity contribution in [1.82, 2.24) is 10.3 Å². The van der Waals surface area contributed by atoms with E-state index in [1.165, 1.54) is 0 Å². The van der Waals surface area contributed by atoms with E-state index < -0.39 is 0 Å². The van der Waals surface area contributed by atoms with Crippen LogP contribution in [0.15, 0.2) is 34.9 Å².